The number of carbonyl (C=O) groups is 3. The average Bonchev–Trinajstić information content (AvgIpc) is 3.28. The van der Waals surface area contributed by atoms with Crippen molar-refractivity contribution in [2.75, 3.05) is 31.3 Å². The fourth-order valence-corrected chi connectivity index (χ4v) is 4.68. The molecule has 3 rings (SSSR count). The Kier molecular flexibility index (Phi) is 9.11. The molecular formula is C28H36N6O3S. The van der Waals surface area contributed by atoms with Gasteiger partial charge in [0.15, 0.2) is 5.69 Å². The molecule has 10 heteroatoms. The van der Waals surface area contributed by atoms with Crippen molar-refractivity contribution >= 4 is 40.6 Å². The van der Waals surface area contributed by atoms with Crippen molar-refractivity contribution in [2.45, 2.75) is 45.2 Å². The highest BCUT2D eigenvalue weighted by Crippen LogP contribution is 2.30. The molecular weight excluding hydrogens is 500 g/mol. The molecule has 1 atom stereocenters. The molecule has 0 fully saturated rings. The number of nitrogens with one attached hydrogen (secondary N) is 1. The van der Waals surface area contributed by atoms with Gasteiger partial charge in [0.2, 0.25) is 5.91 Å². The molecule has 1 heterocycles. The standard InChI is InChI=1S/C28H36N6O3S/c1-6-28(2,3)31-26(36)23(19-12-14-20(15-13-19)33(4)5)34(17-16-18-10-8-7-9-11-18)27(37)24-21(29)22(25(30)35)32-38-24/h7-15,23H,6,16-17,29H2,1-5H3,(H2,30,35)(H,31,36)/t23-/m0/s1. The zero-order valence-electron chi connectivity index (χ0n) is 22.5. The van der Waals surface area contributed by atoms with Gasteiger partial charge in [-0.15, -0.1) is 0 Å². The topological polar surface area (TPSA) is 135 Å². The Bertz CT molecular complexity index is 1270. The number of hydrogen-bond donors (Lipinski definition) is 3. The molecule has 0 aliphatic heterocycles. The molecule has 0 unspecified atom stereocenters. The summed E-state index contributed by atoms with van der Waals surface area (Å²) in [5.41, 5.74) is 13.4. The molecule has 5 N–H and O–H groups in total. The minimum absolute atomic E-state index is 0.0734. The van der Waals surface area contributed by atoms with E-state index in [1.54, 1.807) is 0 Å². The van der Waals surface area contributed by atoms with Crippen molar-refractivity contribution < 1.29 is 14.4 Å². The number of anilines is 2. The van der Waals surface area contributed by atoms with Gasteiger partial charge in [-0.3, -0.25) is 14.4 Å². The van der Waals surface area contributed by atoms with Crippen LogP contribution in [0.25, 0.3) is 0 Å². The van der Waals surface area contributed by atoms with Crippen LogP contribution in [0, 0.1) is 0 Å². The number of aromatic nitrogens is 1. The summed E-state index contributed by atoms with van der Waals surface area (Å²) in [5.74, 6) is -1.62. The monoisotopic (exact) mass is 536 g/mol. The van der Waals surface area contributed by atoms with E-state index >= 15 is 0 Å². The fraction of sp³-hybridized carbons (Fsp3) is 0.357. The summed E-state index contributed by atoms with van der Waals surface area (Å²) in [6, 6.07) is 16.3. The predicted molar refractivity (Wildman–Crippen MR) is 152 cm³/mol. The second-order valence-corrected chi connectivity index (χ2v) is 10.8. The largest absolute Gasteiger partial charge is 0.395 e. The van der Waals surface area contributed by atoms with Crippen LogP contribution < -0.4 is 21.7 Å². The van der Waals surface area contributed by atoms with E-state index in [1.807, 2.05) is 94.4 Å². The molecule has 38 heavy (non-hydrogen) atoms. The summed E-state index contributed by atoms with van der Waals surface area (Å²) in [7, 11) is 3.86. The maximum absolute atomic E-state index is 14.0. The van der Waals surface area contributed by atoms with Crippen LogP contribution in [-0.2, 0) is 11.2 Å². The maximum Gasteiger partial charge on any atom is 0.270 e. The second-order valence-electron chi connectivity index (χ2n) is 9.99. The molecule has 0 radical (unpaired) electrons. The smallest absolute Gasteiger partial charge is 0.270 e. The van der Waals surface area contributed by atoms with Gasteiger partial charge in [0.25, 0.3) is 11.8 Å². The van der Waals surface area contributed by atoms with Crippen molar-refractivity contribution in [1.29, 1.82) is 0 Å². The van der Waals surface area contributed by atoms with Crippen molar-refractivity contribution in [2.24, 2.45) is 5.73 Å². The normalized spacial score (nSPS) is 12.0. The molecule has 3 aromatic rings. The first-order valence-electron chi connectivity index (χ1n) is 12.4. The van der Waals surface area contributed by atoms with Gasteiger partial charge in [0.1, 0.15) is 10.9 Å². The van der Waals surface area contributed by atoms with Gasteiger partial charge in [-0.2, -0.15) is 4.37 Å². The van der Waals surface area contributed by atoms with Crippen molar-refractivity contribution in [3.05, 3.63) is 76.3 Å². The van der Waals surface area contributed by atoms with Crippen molar-refractivity contribution in [3.63, 3.8) is 0 Å². The van der Waals surface area contributed by atoms with E-state index in [1.165, 1.54) is 4.90 Å². The van der Waals surface area contributed by atoms with E-state index in [4.69, 9.17) is 11.5 Å². The molecule has 0 spiro atoms. The number of hydrogen-bond acceptors (Lipinski definition) is 7. The summed E-state index contributed by atoms with van der Waals surface area (Å²) >= 11 is 0.806. The lowest BCUT2D eigenvalue weighted by Crippen LogP contribution is -2.50. The molecule has 0 bridgehead atoms. The molecule has 9 nitrogen and oxygen atoms in total. The SMILES string of the molecule is CCC(C)(C)NC(=O)[C@H](c1ccc(N(C)C)cc1)N(CCc1ccccc1)C(=O)c1snc(C(N)=O)c1N. The Hall–Kier alpha value is -3.92. The summed E-state index contributed by atoms with van der Waals surface area (Å²) in [4.78, 5) is 43.2. The summed E-state index contributed by atoms with van der Waals surface area (Å²) < 4.78 is 4.01. The van der Waals surface area contributed by atoms with Gasteiger partial charge in [0.05, 0.1) is 5.69 Å². The highest BCUT2D eigenvalue weighted by atomic mass is 32.1. The van der Waals surface area contributed by atoms with Crippen LogP contribution in [0.5, 0.6) is 0 Å². The zero-order chi connectivity index (χ0) is 28.0. The van der Waals surface area contributed by atoms with Gasteiger partial charge < -0.3 is 26.6 Å². The van der Waals surface area contributed by atoms with Crippen molar-refractivity contribution in [1.82, 2.24) is 14.6 Å². The number of primary amides is 1. The molecule has 0 aliphatic carbocycles. The summed E-state index contributed by atoms with van der Waals surface area (Å²) in [5, 5.41) is 3.10. The predicted octanol–water partition coefficient (Wildman–Crippen LogP) is 3.62. The number of nitrogen functional groups attached to an aromatic ring is 1. The summed E-state index contributed by atoms with van der Waals surface area (Å²) in [6.45, 7) is 6.09. The van der Waals surface area contributed by atoms with Crippen LogP contribution in [-0.4, -0.2) is 53.2 Å². The van der Waals surface area contributed by atoms with Crippen LogP contribution in [0.15, 0.2) is 54.6 Å². The third-order valence-electron chi connectivity index (χ3n) is 6.53. The van der Waals surface area contributed by atoms with Gasteiger partial charge in [0, 0.05) is 31.9 Å². The van der Waals surface area contributed by atoms with E-state index in [0.29, 0.717) is 18.4 Å². The summed E-state index contributed by atoms with van der Waals surface area (Å²) in [6.07, 6.45) is 1.21. The Morgan fingerprint density at radius 2 is 1.68 bits per heavy atom. The number of amides is 3. The minimum atomic E-state index is -0.952. The molecule has 0 saturated heterocycles. The van der Waals surface area contributed by atoms with Crippen molar-refractivity contribution in [3.8, 4) is 0 Å². The molecule has 1 aromatic heterocycles. The number of benzene rings is 2. The van der Waals surface area contributed by atoms with Gasteiger partial charge in [-0.25, -0.2) is 0 Å². The first kappa shape index (κ1) is 28.6. The van der Waals surface area contributed by atoms with Crippen LogP contribution >= 0.6 is 11.5 Å². The average molecular weight is 537 g/mol. The quantitative estimate of drug-likeness (QED) is 0.343. The van der Waals surface area contributed by atoms with Gasteiger partial charge >= 0.3 is 0 Å². The minimum Gasteiger partial charge on any atom is -0.395 e. The number of rotatable bonds is 11. The van der Waals surface area contributed by atoms with Gasteiger partial charge in [-0.05, 0) is 61.5 Å². The van der Waals surface area contributed by atoms with E-state index in [2.05, 4.69) is 9.69 Å². The zero-order valence-corrected chi connectivity index (χ0v) is 23.3. The third kappa shape index (κ3) is 6.69. The lowest BCUT2D eigenvalue weighted by molar-refractivity contribution is -0.127. The molecule has 0 aliphatic rings. The number of carbonyl (C=O) groups excluding carboxylic acids is 3. The van der Waals surface area contributed by atoms with Gasteiger partial charge in [-0.1, -0.05) is 49.4 Å². The maximum atomic E-state index is 14.0. The Balaban J connectivity index is 2.11. The van der Waals surface area contributed by atoms with Crippen LogP contribution in [0.3, 0.4) is 0 Å². The van der Waals surface area contributed by atoms with Crippen LogP contribution in [0.1, 0.15) is 64.5 Å². The number of nitrogens with zero attached hydrogens (tertiary/aromatic N) is 3. The Morgan fingerprint density at radius 3 is 2.21 bits per heavy atom. The third-order valence-corrected chi connectivity index (χ3v) is 7.38. The van der Waals surface area contributed by atoms with E-state index in [9.17, 15) is 14.4 Å². The molecule has 202 valence electrons. The first-order valence-corrected chi connectivity index (χ1v) is 13.2. The lowest BCUT2D eigenvalue weighted by atomic mass is 9.98. The first-order chi connectivity index (χ1) is 17.9. The second kappa shape index (κ2) is 12.1. The molecule has 3 amide bonds. The van der Waals surface area contributed by atoms with E-state index in [0.717, 1.165) is 22.8 Å². The highest BCUT2D eigenvalue weighted by molar-refractivity contribution is 7.09. The number of nitrogens with two attached hydrogens (primary N) is 2. The molecule has 2 aromatic carbocycles. The van der Waals surface area contributed by atoms with E-state index in [-0.39, 0.29) is 28.7 Å². The Labute approximate surface area is 228 Å². The fourth-order valence-electron chi connectivity index (χ4n) is 3.92. The lowest BCUT2D eigenvalue weighted by Gasteiger charge is -2.34. The van der Waals surface area contributed by atoms with E-state index < -0.39 is 23.4 Å². The Morgan fingerprint density at radius 1 is 1.05 bits per heavy atom. The van der Waals surface area contributed by atoms with Crippen LogP contribution in [0.2, 0.25) is 0 Å². The van der Waals surface area contributed by atoms with Crippen LogP contribution in [0.4, 0.5) is 11.4 Å². The molecule has 0 saturated carbocycles. The highest BCUT2D eigenvalue weighted by Gasteiger charge is 2.36.